The van der Waals surface area contributed by atoms with E-state index in [0.29, 0.717) is 35.7 Å². The first-order chi connectivity index (χ1) is 12.2. The van der Waals surface area contributed by atoms with Gasteiger partial charge in [-0.15, -0.1) is 10.2 Å². The van der Waals surface area contributed by atoms with Crippen molar-refractivity contribution >= 4 is 28.2 Å². The first-order valence-electron chi connectivity index (χ1n) is 8.02. The molecule has 0 spiro atoms. The van der Waals surface area contributed by atoms with E-state index in [1.165, 1.54) is 6.07 Å². The molecule has 124 valence electrons. The molecule has 0 aliphatic carbocycles. The van der Waals surface area contributed by atoms with E-state index in [2.05, 4.69) is 15.2 Å². The quantitative estimate of drug-likeness (QED) is 0.534. The Morgan fingerprint density at radius 1 is 1.16 bits per heavy atom. The van der Waals surface area contributed by atoms with Crippen molar-refractivity contribution in [3.63, 3.8) is 0 Å². The lowest BCUT2D eigenvalue weighted by Gasteiger charge is -2.32. The Labute approximate surface area is 142 Å². The van der Waals surface area contributed by atoms with Gasteiger partial charge in [-0.25, -0.2) is 4.39 Å². The van der Waals surface area contributed by atoms with Crippen molar-refractivity contribution in [1.29, 1.82) is 0 Å². The molecule has 2 aromatic heterocycles. The number of halogens is 1. The van der Waals surface area contributed by atoms with Gasteiger partial charge in [0.2, 0.25) is 0 Å². The number of nitrogens with zero attached hydrogens (tertiary/aromatic N) is 5. The smallest absolute Gasteiger partial charge is 0.257 e. The molecule has 0 saturated carbocycles. The largest absolute Gasteiger partial charge is 0.489 e. The van der Waals surface area contributed by atoms with Gasteiger partial charge in [0.15, 0.2) is 0 Å². The molecule has 4 aromatic rings. The van der Waals surface area contributed by atoms with Crippen LogP contribution in [0.15, 0.2) is 42.7 Å². The third-order valence-corrected chi connectivity index (χ3v) is 4.51. The third-order valence-electron chi connectivity index (χ3n) is 4.51. The Bertz CT molecular complexity index is 1120. The molecule has 1 aliphatic rings. The van der Waals surface area contributed by atoms with E-state index in [0.717, 1.165) is 17.0 Å². The van der Waals surface area contributed by atoms with Gasteiger partial charge in [0.25, 0.3) is 5.78 Å². The van der Waals surface area contributed by atoms with Gasteiger partial charge in [-0.1, -0.05) is 18.2 Å². The van der Waals surface area contributed by atoms with Crippen LogP contribution in [0, 0.1) is 12.7 Å². The van der Waals surface area contributed by atoms with Crippen LogP contribution >= 0.6 is 0 Å². The minimum Gasteiger partial charge on any atom is -0.489 e. The third kappa shape index (κ3) is 1.98. The fourth-order valence-corrected chi connectivity index (χ4v) is 3.37. The molecule has 0 N–H and O–H groups in total. The van der Waals surface area contributed by atoms with Crippen LogP contribution in [-0.2, 0) is 0 Å². The van der Waals surface area contributed by atoms with Gasteiger partial charge in [0, 0.05) is 0 Å². The topological polar surface area (TPSA) is 55.5 Å². The number of para-hydroxylation sites is 1. The standard InChI is InChI=1S/C18H14FN5O/c1-11-4-2-7-14-16(11)25-9-8-23(14)17-15-12(19)5-3-6-13(15)24-10-20-22-18(24)21-17/h2-7,10H,8-9H2,1H3. The van der Waals surface area contributed by atoms with Crippen LogP contribution in [0.1, 0.15) is 5.56 Å². The van der Waals surface area contributed by atoms with Gasteiger partial charge >= 0.3 is 0 Å². The SMILES string of the molecule is Cc1cccc2c1OCCN2c1nc2nncn2c2cccc(F)c12. The molecular formula is C18H14FN5O. The van der Waals surface area contributed by atoms with E-state index in [4.69, 9.17) is 4.74 Å². The first-order valence-corrected chi connectivity index (χ1v) is 8.02. The van der Waals surface area contributed by atoms with Crippen molar-refractivity contribution in [3.8, 4) is 5.75 Å². The number of hydrogen-bond donors (Lipinski definition) is 0. The van der Waals surface area contributed by atoms with Crippen molar-refractivity contribution in [2.75, 3.05) is 18.1 Å². The zero-order valence-corrected chi connectivity index (χ0v) is 13.5. The second kappa shape index (κ2) is 5.14. The van der Waals surface area contributed by atoms with Crippen LogP contribution in [0.25, 0.3) is 16.7 Å². The molecule has 1 aliphatic heterocycles. The predicted octanol–water partition coefficient (Wildman–Crippen LogP) is 3.26. The van der Waals surface area contributed by atoms with Crippen molar-refractivity contribution in [2.45, 2.75) is 6.92 Å². The Kier molecular flexibility index (Phi) is 2.91. The summed E-state index contributed by atoms with van der Waals surface area (Å²) in [5.74, 6) is 1.45. The van der Waals surface area contributed by atoms with Crippen molar-refractivity contribution in [1.82, 2.24) is 19.6 Å². The maximum Gasteiger partial charge on any atom is 0.257 e. The number of aromatic nitrogens is 4. The molecular weight excluding hydrogens is 321 g/mol. The summed E-state index contributed by atoms with van der Waals surface area (Å²) in [6, 6.07) is 10.9. The van der Waals surface area contributed by atoms with E-state index < -0.39 is 0 Å². The average Bonchev–Trinajstić information content (AvgIpc) is 3.10. The van der Waals surface area contributed by atoms with E-state index in [9.17, 15) is 4.39 Å². The number of ether oxygens (including phenoxy) is 1. The average molecular weight is 335 g/mol. The molecule has 5 rings (SSSR count). The highest BCUT2D eigenvalue weighted by molar-refractivity contribution is 5.94. The highest BCUT2D eigenvalue weighted by Crippen LogP contribution is 2.40. The Morgan fingerprint density at radius 3 is 2.96 bits per heavy atom. The normalized spacial score (nSPS) is 13.9. The predicted molar refractivity (Wildman–Crippen MR) is 91.9 cm³/mol. The van der Waals surface area contributed by atoms with Gasteiger partial charge < -0.3 is 9.64 Å². The molecule has 0 atom stereocenters. The molecule has 0 saturated heterocycles. The highest BCUT2D eigenvalue weighted by Gasteiger charge is 2.25. The number of hydrogen-bond acceptors (Lipinski definition) is 5. The fraction of sp³-hybridized carbons (Fsp3) is 0.167. The second-order valence-electron chi connectivity index (χ2n) is 5.99. The number of aryl methyl sites for hydroxylation is 1. The van der Waals surface area contributed by atoms with Crippen LogP contribution in [0.4, 0.5) is 15.9 Å². The summed E-state index contributed by atoms with van der Waals surface area (Å²) in [5.41, 5.74) is 2.60. The number of rotatable bonds is 1. The highest BCUT2D eigenvalue weighted by atomic mass is 19.1. The maximum atomic E-state index is 14.7. The lowest BCUT2D eigenvalue weighted by atomic mass is 10.1. The molecule has 6 nitrogen and oxygen atoms in total. The van der Waals surface area contributed by atoms with Gasteiger partial charge in [0.05, 0.1) is 23.1 Å². The lowest BCUT2D eigenvalue weighted by molar-refractivity contribution is 0.311. The number of benzene rings is 2. The van der Waals surface area contributed by atoms with Gasteiger partial charge in [-0.2, -0.15) is 4.98 Å². The van der Waals surface area contributed by atoms with E-state index >= 15 is 0 Å². The first kappa shape index (κ1) is 14.2. The molecule has 0 unspecified atom stereocenters. The van der Waals surface area contributed by atoms with Crippen LogP contribution in [-0.4, -0.2) is 32.7 Å². The summed E-state index contributed by atoms with van der Waals surface area (Å²) >= 11 is 0. The second-order valence-corrected chi connectivity index (χ2v) is 5.99. The Morgan fingerprint density at radius 2 is 2.04 bits per heavy atom. The lowest BCUT2D eigenvalue weighted by Crippen LogP contribution is -2.30. The van der Waals surface area contributed by atoms with E-state index in [1.807, 2.05) is 36.1 Å². The summed E-state index contributed by atoms with van der Waals surface area (Å²) in [6.07, 6.45) is 1.55. The van der Waals surface area contributed by atoms with Gasteiger partial charge in [0.1, 0.15) is 30.3 Å². The van der Waals surface area contributed by atoms with Gasteiger partial charge in [-0.05, 0) is 30.7 Å². The van der Waals surface area contributed by atoms with Crippen molar-refractivity contribution in [2.24, 2.45) is 0 Å². The maximum absolute atomic E-state index is 14.7. The molecule has 25 heavy (non-hydrogen) atoms. The number of anilines is 2. The minimum atomic E-state index is -0.323. The summed E-state index contributed by atoms with van der Waals surface area (Å²) in [4.78, 5) is 6.59. The summed E-state index contributed by atoms with van der Waals surface area (Å²) in [7, 11) is 0. The molecule has 3 heterocycles. The molecule has 0 amide bonds. The van der Waals surface area contributed by atoms with E-state index in [1.54, 1.807) is 16.8 Å². The Balaban J connectivity index is 1.86. The summed E-state index contributed by atoms with van der Waals surface area (Å²) < 4.78 is 22.3. The van der Waals surface area contributed by atoms with Crippen LogP contribution in [0.5, 0.6) is 5.75 Å². The van der Waals surface area contributed by atoms with Crippen molar-refractivity contribution < 1.29 is 9.13 Å². The van der Waals surface area contributed by atoms with Crippen molar-refractivity contribution in [3.05, 3.63) is 54.1 Å². The fourth-order valence-electron chi connectivity index (χ4n) is 3.37. The summed E-state index contributed by atoms with van der Waals surface area (Å²) in [5, 5.41) is 8.41. The zero-order chi connectivity index (χ0) is 17.0. The van der Waals surface area contributed by atoms with Crippen LogP contribution < -0.4 is 9.64 Å². The number of fused-ring (bicyclic) bond motifs is 4. The zero-order valence-electron chi connectivity index (χ0n) is 13.5. The van der Waals surface area contributed by atoms with Gasteiger partial charge in [-0.3, -0.25) is 4.40 Å². The molecule has 0 bridgehead atoms. The molecule has 2 aromatic carbocycles. The summed E-state index contributed by atoms with van der Waals surface area (Å²) in [6.45, 7) is 3.08. The Hall–Kier alpha value is -3.22. The molecule has 0 radical (unpaired) electrons. The monoisotopic (exact) mass is 335 g/mol. The van der Waals surface area contributed by atoms with Crippen LogP contribution in [0.2, 0.25) is 0 Å². The molecule has 7 heteroatoms. The van der Waals surface area contributed by atoms with E-state index in [-0.39, 0.29) is 5.82 Å². The van der Waals surface area contributed by atoms with Crippen LogP contribution in [0.3, 0.4) is 0 Å². The molecule has 0 fully saturated rings. The minimum absolute atomic E-state index is 0.323.